The lowest BCUT2D eigenvalue weighted by atomic mass is 9.97. The lowest BCUT2D eigenvalue weighted by Gasteiger charge is -2.46. The monoisotopic (exact) mass is 946 g/mol. The third-order valence-corrected chi connectivity index (χ3v) is 11.4. The molecule has 0 aliphatic carbocycles. The van der Waals surface area contributed by atoms with Crippen LogP contribution in [0.3, 0.4) is 0 Å². The van der Waals surface area contributed by atoms with Gasteiger partial charge in [-0.15, -0.1) is 0 Å². The molecule has 1 aromatic heterocycles. The number of carbonyl (C=O) groups excluding carboxylic acids is 1. The summed E-state index contributed by atoms with van der Waals surface area (Å²) in [5.41, 5.74) is -0.957. The Morgan fingerprint density at radius 2 is 1.37 bits per heavy atom. The maximum Gasteiger partial charge on any atom is 0.331 e. The van der Waals surface area contributed by atoms with Crippen molar-refractivity contribution in [3.05, 3.63) is 70.4 Å². The zero-order chi connectivity index (χ0) is 48.6. The van der Waals surface area contributed by atoms with Crippen LogP contribution in [0, 0.1) is 0 Å². The second-order valence-corrected chi connectivity index (χ2v) is 15.9. The minimum Gasteiger partial charge on any atom is -0.508 e. The van der Waals surface area contributed by atoms with Crippen molar-refractivity contribution in [2.24, 2.45) is 0 Å². The lowest BCUT2D eigenvalue weighted by molar-refractivity contribution is -0.360. The molecule has 23 nitrogen and oxygen atoms in total. The number of esters is 1. The standard InChI is InChI=1S/C44H50O23/c1-16-28(49)33(54)35(56)43(62-16)67-41-34(55)30(51)25(15-60-42-36(57)39(29(50)17(2)61-42)65-26(48)12-6-18-5-11-21(46)23(13-18)58-3)64-44(41)66-40-32(53)27-24(14-22(47)38(59-4)31(27)52)63-37(40)19-7-9-20(45)10-8-19/h5-14,16-17,25,28-30,33-36,39,41-47,49-52,54-57H,15H2,1-4H3. The normalized spacial score (nSPS) is 32.3. The molecule has 3 saturated heterocycles. The molecule has 15 atom stereocenters. The van der Waals surface area contributed by atoms with E-state index >= 15 is 0 Å². The molecule has 0 radical (unpaired) electrons. The quantitative estimate of drug-likeness (QED) is 0.0591. The number of aliphatic hydroxyl groups is 7. The molecule has 3 fully saturated rings. The molecule has 67 heavy (non-hydrogen) atoms. The highest BCUT2D eigenvalue weighted by Gasteiger charge is 2.53. The van der Waals surface area contributed by atoms with E-state index in [1.165, 1.54) is 69.5 Å². The Bertz CT molecular complexity index is 2480. The molecule has 15 unspecified atom stereocenters. The fraction of sp³-hybridized carbons (Fsp3) is 0.455. The van der Waals surface area contributed by atoms with Crippen LogP contribution in [0.15, 0.2) is 63.8 Å². The molecule has 3 aromatic carbocycles. The average Bonchev–Trinajstić information content (AvgIpc) is 3.30. The van der Waals surface area contributed by atoms with Gasteiger partial charge in [-0.3, -0.25) is 4.79 Å². The summed E-state index contributed by atoms with van der Waals surface area (Å²) in [6, 6.07) is 10.4. The van der Waals surface area contributed by atoms with E-state index in [4.69, 9.17) is 47.0 Å². The Hall–Kier alpha value is -5.80. The molecule has 0 saturated carbocycles. The highest BCUT2D eigenvalue weighted by molar-refractivity contribution is 5.91. The number of aromatic hydroxyl groups is 4. The SMILES string of the molecule is COc1cc(C=CC(=O)OC2C(O)C(C)OC(OCC3OC(Oc4c(-c5ccc(O)cc5)oc5cc(O)c(OC)c(O)c5c4=O)C(OC4OC(C)C(O)C(O)C4O)C(O)C3O)C2O)ccc1O. The zero-order valence-electron chi connectivity index (χ0n) is 36.0. The third-order valence-electron chi connectivity index (χ3n) is 11.4. The van der Waals surface area contributed by atoms with Gasteiger partial charge >= 0.3 is 5.97 Å². The predicted octanol–water partition coefficient (Wildman–Crippen LogP) is -0.554. The number of aliphatic hydroxyl groups excluding tert-OH is 7. The number of rotatable bonds is 13. The minimum absolute atomic E-state index is 0.0818. The molecule has 3 aliphatic heterocycles. The minimum atomic E-state index is -2.09. The van der Waals surface area contributed by atoms with Gasteiger partial charge in [-0.25, -0.2) is 4.79 Å². The highest BCUT2D eigenvalue weighted by atomic mass is 16.8. The van der Waals surface area contributed by atoms with E-state index in [1.807, 2.05) is 0 Å². The molecular formula is C44H50O23. The summed E-state index contributed by atoms with van der Waals surface area (Å²) in [4.78, 5) is 27.3. The van der Waals surface area contributed by atoms with Crippen LogP contribution in [0.2, 0.25) is 0 Å². The van der Waals surface area contributed by atoms with Gasteiger partial charge in [0, 0.05) is 17.7 Å². The molecule has 0 amide bonds. The summed E-state index contributed by atoms with van der Waals surface area (Å²) in [5, 5.41) is 118. The van der Waals surface area contributed by atoms with Crippen molar-refractivity contribution in [3.8, 4) is 51.6 Å². The summed E-state index contributed by atoms with van der Waals surface area (Å²) in [5.74, 6) is -4.30. The van der Waals surface area contributed by atoms with Crippen LogP contribution in [0.25, 0.3) is 28.4 Å². The van der Waals surface area contributed by atoms with Crippen LogP contribution in [0.4, 0.5) is 0 Å². The van der Waals surface area contributed by atoms with Crippen LogP contribution >= 0.6 is 0 Å². The summed E-state index contributed by atoms with van der Waals surface area (Å²) in [6.45, 7) is 1.97. The summed E-state index contributed by atoms with van der Waals surface area (Å²) < 4.78 is 56.7. The molecule has 4 aromatic rings. The maximum atomic E-state index is 14.4. The lowest BCUT2D eigenvalue weighted by Crippen LogP contribution is -2.65. The van der Waals surface area contributed by atoms with E-state index in [0.29, 0.717) is 5.56 Å². The van der Waals surface area contributed by atoms with Crippen LogP contribution < -0.4 is 19.6 Å². The number of benzene rings is 3. The molecular weight excluding hydrogens is 896 g/mol. The van der Waals surface area contributed by atoms with Crippen molar-refractivity contribution in [1.82, 2.24) is 0 Å². The molecule has 7 rings (SSSR count). The van der Waals surface area contributed by atoms with Crippen molar-refractivity contribution in [2.75, 3.05) is 20.8 Å². The Balaban J connectivity index is 1.19. The summed E-state index contributed by atoms with van der Waals surface area (Å²) in [7, 11) is 2.45. The Morgan fingerprint density at radius 3 is 2.06 bits per heavy atom. The topological polar surface area (TPSA) is 353 Å². The fourth-order valence-corrected chi connectivity index (χ4v) is 7.68. The van der Waals surface area contributed by atoms with Gasteiger partial charge in [-0.1, -0.05) is 6.07 Å². The van der Waals surface area contributed by atoms with Gasteiger partial charge in [0.1, 0.15) is 65.6 Å². The number of hydrogen-bond donors (Lipinski definition) is 11. The van der Waals surface area contributed by atoms with Gasteiger partial charge in [0.25, 0.3) is 0 Å². The highest BCUT2D eigenvalue weighted by Crippen LogP contribution is 2.44. The van der Waals surface area contributed by atoms with Crippen LogP contribution in [0.5, 0.6) is 40.2 Å². The maximum absolute atomic E-state index is 14.4. The molecule has 0 bridgehead atoms. The second kappa shape index (κ2) is 20.2. The van der Waals surface area contributed by atoms with E-state index in [2.05, 4.69) is 0 Å². The van der Waals surface area contributed by atoms with Gasteiger partial charge in [-0.2, -0.15) is 0 Å². The van der Waals surface area contributed by atoms with Crippen molar-refractivity contribution in [2.45, 2.75) is 106 Å². The van der Waals surface area contributed by atoms with Crippen molar-refractivity contribution in [1.29, 1.82) is 0 Å². The zero-order valence-corrected chi connectivity index (χ0v) is 36.0. The number of ether oxygens (including phenoxy) is 9. The van der Waals surface area contributed by atoms with E-state index in [0.717, 1.165) is 19.3 Å². The van der Waals surface area contributed by atoms with Crippen LogP contribution in [-0.4, -0.2) is 175 Å². The fourth-order valence-electron chi connectivity index (χ4n) is 7.68. The van der Waals surface area contributed by atoms with Crippen LogP contribution in [0.1, 0.15) is 19.4 Å². The van der Waals surface area contributed by atoms with Crippen molar-refractivity contribution in [3.63, 3.8) is 0 Å². The van der Waals surface area contributed by atoms with E-state index in [9.17, 15) is 65.8 Å². The van der Waals surface area contributed by atoms with Gasteiger partial charge in [0.05, 0.1) is 33.0 Å². The smallest absolute Gasteiger partial charge is 0.331 e. The number of fused-ring (bicyclic) bond motifs is 1. The first-order valence-corrected chi connectivity index (χ1v) is 20.6. The molecule has 0 spiro atoms. The van der Waals surface area contributed by atoms with Crippen molar-refractivity contribution < 1.29 is 108 Å². The number of phenols is 4. The summed E-state index contributed by atoms with van der Waals surface area (Å²) in [6.07, 6.45) is -23.7. The molecule has 3 aliphatic rings. The van der Waals surface area contributed by atoms with Gasteiger partial charge in [0.15, 0.2) is 53.5 Å². The first-order chi connectivity index (χ1) is 31.8. The van der Waals surface area contributed by atoms with E-state index in [1.54, 1.807) is 0 Å². The first-order valence-electron chi connectivity index (χ1n) is 20.6. The van der Waals surface area contributed by atoms with E-state index < -0.39 is 139 Å². The number of hydrogen-bond acceptors (Lipinski definition) is 23. The first kappa shape index (κ1) is 49.1. The number of carbonyl (C=O) groups is 1. The number of methoxy groups -OCH3 is 2. The van der Waals surface area contributed by atoms with Gasteiger partial charge in [0.2, 0.25) is 23.2 Å². The molecule has 4 heterocycles. The van der Waals surface area contributed by atoms with Gasteiger partial charge < -0.3 is 103 Å². The average molecular weight is 947 g/mol. The predicted molar refractivity (Wildman–Crippen MR) is 224 cm³/mol. The summed E-state index contributed by atoms with van der Waals surface area (Å²) >= 11 is 0. The molecule has 364 valence electrons. The second-order valence-electron chi connectivity index (χ2n) is 15.9. The van der Waals surface area contributed by atoms with Crippen molar-refractivity contribution >= 4 is 23.0 Å². The van der Waals surface area contributed by atoms with Gasteiger partial charge in [-0.05, 0) is 61.9 Å². The van der Waals surface area contributed by atoms with E-state index in [-0.39, 0.29) is 34.2 Å². The molecule has 23 heteroatoms. The number of phenolic OH excluding ortho intramolecular Hbond substituents is 4. The Kier molecular flexibility index (Phi) is 14.8. The largest absolute Gasteiger partial charge is 0.508 e. The Labute approximate surface area is 379 Å². The molecule has 11 N–H and O–H groups in total. The van der Waals surface area contributed by atoms with Crippen LogP contribution in [-0.2, 0) is 33.2 Å². The Morgan fingerprint density at radius 1 is 0.687 bits per heavy atom. The third kappa shape index (κ3) is 9.94.